The molecule has 0 unspecified atom stereocenters. The van der Waals surface area contributed by atoms with Gasteiger partial charge in [-0.3, -0.25) is 0 Å². The van der Waals surface area contributed by atoms with E-state index in [2.05, 4.69) is 10.3 Å². The first-order chi connectivity index (χ1) is 14.4. The summed E-state index contributed by atoms with van der Waals surface area (Å²) in [5, 5.41) is 2.77. The summed E-state index contributed by atoms with van der Waals surface area (Å²) in [4.78, 5) is 29.8. The van der Waals surface area contributed by atoms with Gasteiger partial charge in [0.05, 0.1) is 11.3 Å². The Labute approximate surface area is 176 Å². The van der Waals surface area contributed by atoms with Crippen LogP contribution in [0.15, 0.2) is 48.2 Å². The zero-order valence-corrected chi connectivity index (χ0v) is 17.2. The molecule has 3 rings (SSSR count). The van der Waals surface area contributed by atoms with Crippen molar-refractivity contribution < 1.29 is 32.2 Å². The molecule has 1 fully saturated rings. The number of hydrogen-bond donors (Lipinski definition) is 1. The molecular formula is C21H20F3N3O4. The number of pyridine rings is 1. The topological polar surface area (TPSA) is 80.8 Å². The average molecular weight is 435 g/mol. The summed E-state index contributed by atoms with van der Waals surface area (Å²) in [7, 11) is 3.19. The van der Waals surface area contributed by atoms with Gasteiger partial charge >= 0.3 is 18.1 Å². The van der Waals surface area contributed by atoms with Crippen molar-refractivity contribution >= 4 is 23.4 Å². The van der Waals surface area contributed by atoms with Crippen LogP contribution in [-0.4, -0.2) is 36.8 Å². The van der Waals surface area contributed by atoms with Gasteiger partial charge in [0.1, 0.15) is 5.82 Å². The molecular weight excluding hydrogens is 415 g/mol. The van der Waals surface area contributed by atoms with Crippen molar-refractivity contribution in [2.75, 3.05) is 24.3 Å². The molecule has 164 valence electrons. The van der Waals surface area contributed by atoms with Crippen molar-refractivity contribution in [1.82, 2.24) is 4.98 Å². The Morgan fingerprint density at radius 2 is 1.71 bits per heavy atom. The predicted octanol–water partition coefficient (Wildman–Crippen LogP) is 3.97. The molecule has 10 heteroatoms. The van der Waals surface area contributed by atoms with Crippen LogP contribution in [0.2, 0.25) is 0 Å². The van der Waals surface area contributed by atoms with Crippen LogP contribution in [0.1, 0.15) is 19.4 Å². The van der Waals surface area contributed by atoms with Gasteiger partial charge < -0.3 is 19.7 Å². The van der Waals surface area contributed by atoms with Crippen molar-refractivity contribution in [3.63, 3.8) is 0 Å². The molecule has 1 aliphatic heterocycles. The Bertz CT molecular complexity index is 1040. The van der Waals surface area contributed by atoms with Crippen LogP contribution in [0.3, 0.4) is 0 Å². The summed E-state index contributed by atoms with van der Waals surface area (Å²) in [6.45, 7) is 2.86. The van der Waals surface area contributed by atoms with Crippen molar-refractivity contribution in [2.24, 2.45) is 0 Å². The third-order valence-corrected chi connectivity index (χ3v) is 4.26. The molecule has 0 atom stereocenters. The van der Waals surface area contributed by atoms with E-state index in [1.165, 1.54) is 18.7 Å². The number of carbonyl (C=O) groups is 2. The van der Waals surface area contributed by atoms with Crippen LogP contribution < -0.4 is 10.2 Å². The maximum absolute atomic E-state index is 13.3. The predicted molar refractivity (Wildman–Crippen MR) is 107 cm³/mol. The number of hydrogen-bond acceptors (Lipinski definition) is 7. The first-order valence-corrected chi connectivity index (χ1v) is 9.16. The number of nitrogens with one attached hydrogen (secondary N) is 1. The minimum Gasteiger partial charge on any atom is -0.419 e. The zero-order valence-electron chi connectivity index (χ0n) is 17.2. The van der Waals surface area contributed by atoms with E-state index in [1.807, 2.05) is 0 Å². The molecule has 0 radical (unpaired) electrons. The van der Waals surface area contributed by atoms with Crippen LogP contribution in [-0.2, 0) is 25.2 Å². The summed E-state index contributed by atoms with van der Waals surface area (Å²) >= 11 is 0. The third kappa shape index (κ3) is 5.14. The minimum atomic E-state index is -4.53. The van der Waals surface area contributed by atoms with Gasteiger partial charge in [0.25, 0.3) is 5.79 Å². The Morgan fingerprint density at radius 1 is 1.06 bits per heavy atom. The van der Waals surface area contributed by atoms with Crippen molar-refractivity contribution in [1.29, 1.82) is 0 Å². The molecule has 1 aliphatic rings. The van der Waals surface area contributed by atoms with Crippen LogP contribution >= 0.6 is 0 Å². The molecule has 0 aliphatic carbocycles. The second-order valence-electron chi connectivity index (χ2n) is 7.45. The van der Waals surface area contributed by atoms with E-state index >= 15 is 0 Å². The number of rotatable bonds is 4. The van der Waals surface area contributed by atoms with Crippen molar-refractivity contribution in [2.45, 2.75) is 25.8 Å². The van der Waals surface area contributed by atoms with Crippen molar-refractivity contribution in [3.05, 3.63) is 53.7 Å². The summed E-state index contributed by atoms with van der Waals surface area (Å²) in [6.07, 6.45) is -3.40. The highest BCUT2D eigenvalue weighted by Gasteiger charge is 2.39. The average Bonchev–Trinajstić information content (AvgIpc) is 2.65. The lowest BCUT2D eigenvalue weighted by Gasteiger charge is -2.29. The quantitative estimate of drug-likeness (QED) is 0.442. The normalized spacial score (nSPS) is 15.8. The molecule has 0 saturated carbocycles. The van der Waals surface area contributed by atoms with E-state index in [0.29, 0.717) is 11.3 Å². The lowest BCUT2D eigenvalue weighted by Crippen LogP contribution is -2.42. The maximum atomic E-state index is 13.3. The fourth-order valence-corrected chi connectivity index (χ4v) is 2.76. The number of aromatic nitrogens is 1. The zero-order chi connectivity index (χ0) is 23.0. The maximum Gasteiger partial charge on any atom is 0.416 e. The smallest absolute Gasteiger partial charge is 0.416 e. The second kappa shape index (κ2) is 7.93. The van der Waals surface area contributed by atoms with Gasteiger partial charge in [-0.1, -0.05) is 12.1 Å². The summed E-state index contributed by atoms with van der Waals surface area (Å²) in [6, 6.07) is 8.30. The van der Waals surface area contributed by atoms with E-state index in [-0.39, 0.29) is 17.1 Å². The van der Waals surface area contributed by atoms with E-state index < -0.39 is 29.5 Å². The molecule has 1 N–H and O–H groups in total. The van der Waals surface area contributed by atoms with Gasteiger partial charge in [-0.05, 0) is 24.3 Å². The fourth-order valence-electron chi connectivity index (χ4n) is 2.76. The first kappa shape index (κ1) is 22.1. The molecule has 31 heavy (non-hydrogen) atoms. The highest BCUT2D eigenvalue weighted by atomic mass is 19.4. The molecule has 2 heterocycles. The molecule has 1 aromatic heterocycles. The van der Waals surface area contributed by atoms with E-state index in [9.17, 15) is 22.8 Å². The second-order valence-corrected chi connectivity index (χ2v) is 7.45. The number of benzene rings is 1. The Kier molecular flexibility index (Phi) is 5.66. The summed E-state index contributed by atoms with van der Waals surface area (Å²) in [5.41, 5.74) is -0.213. The molecule has 0 bridgehead atoms. The number of ether oxygens (including phenoxy) is 2. The summed E-state index contributed by atoms with van der Waals surface area (Å²) < 4.78 is 49.9. The van der Waals surface area contributed by atoms with Gasteiger partial charge in [0, 0.05) is 45.4 Å². The standard InChI is InChI=1S/C21H20F3N3O4/c1-20(2)30-18(28)15(19(29)31-20)11-25-14-7-5-6-12(8-14)16-9-13(21(22,23)24)10-17(26-16)27(3)4/h5-11,25H,1-4H3. The number of anilines is 2. The number of nitrogens with zero attached hydrogens (tertiary/aromatic N) is 2. The molecule has 1 saturated heterocycles. The van der Waals surface area contributed by atoms with Gasteiger partial charge in [-0.2, -0.15) is 13.2 Å². The number of esters is 2. The lowest BCUT2D eigenvalue weighted by atomic mass is 10.1. The van der Waals surface area contributed by atoms with Crippen molar-refractivity contribution in [3.8, 4) is 11.3 Å². The fraction of sp³-hybridized carbons (Fsp3) is 0.286. The van der Waals surface area contributed by atoms with Gasteiger partial charge in [0.15, 0.2) is 5.57 Å². The molecule has 7 nitrogen and oxygen atoms in total. The Morgan fingerprint density at radius 3 is 2.29 bits per heavy atom. The molecule has 0 amide bonds. The van der Waals surface area contributed by atoms with E-state index in [4.69, 9.17) is 9.47 Å². The molecule has 1 aromatic carbocycles. The minimum absolute atomic E-state index is 0.119. The van der Waals surface area contributed by atoms with E-state index in [1.54, 1.807) is 38.4 Å². The number of cyclic esters (lactones) is 2. The Hall–Kier alpha value is -3.56. The van der Waals surface area contributed by atoms with Gasteiger partial charge in [-0.25, -0.2) is 14.6 Å². The highest BCUT2D eigenvalue weighted by molar-refractivity contribution is 6.15. The van der Waals surface area contributed by atoms with Gasteiger partial charge in [0.2, 0.25) is 0 Å². The molecule has 2 aromatic rings. The van der Waals surface area contributed by atoms with Crippen LogP contribution in [0.5, 0.6) is 0 Å². The van der Waals surface area contributed by atoms with Crippen LogP contribution in [0.4, 0.5) is 24.7 Å². The Balaban J connectivity index is 1.92. The molecule has 0 spiro atoms. The van der Waals surface area contributed by atoms with Crippen LogP contribution in [0, 0.1) is 0 Å². The number of alkyl halides is 3. The lowest BCUT2D eigenvalue weighted by molar-refractivity contribution is -0.222. The monoisotopic (exact) mass is 435 g/mol. The van der Waals surface area contributed by atoms with Gasteiger partial charge in [-0.15, -0.1) is 0 Å². The summed E-state index contributed by atoms with van der Waals surface area (Å²) in [5.74, 6) is -2.90. The number of halogens is 3. The van der Waals surface area contributed by atoms with Crippen LogP contribution in [0.25, 0.3) is 11.3 Å². The first-order valence-electron chi connectivity index (χ1n) is 9.16. The third-order valence-electron chi connectivity index (χ3n) is 4.26. The SMILES string of the molecule is CN(C)c1cc(C(F)(F)F)cc(-c2cccc(NC=C3C(=O)OC(C)(C)OC3=O)c2)n1. The highest BCUT2D eigenvalue weighted by Crippen LogP contribution is 2.34. The number of carbonyl (C=O) groups excluding carboxylic acids is 2. The largest absolute Gasteiger partial charge is 0.419 e. The van der Waals surface area contributed by atoms with E-state index in [0.717, 1.165) is 18.3 Å².